The molecule has 2 aliphatic heterocycles. The zero-order chi connectivity index (χ0) is 20.1. The van der Waals surface area contributed by atoms with Crippen LogP contribution in [0.4, 0.5) is 4.39 Å². The Morgan fingerprint density at radius 3 is 2.54 bits per heavy atom. The smallest absolute Gasteiger partial charge is 0.248 e. The van der Waals surface area contributed by atoms with Crippen molar-refractivity contribution in [3.05, 3.63) is 35.1 Å². The lowest BCUT2D eigenvalue weighted by Crippen LogP contribution is -2.45. The molecule has 0 bridgehead atoms. The van der Waals surface area contributed by atoms with Gasteiger partial charge in [0, 0.05) is 38.7 Å². The first-order chi connectivity index (χ1) is 13.5. The molecule has 2 saturated heterocycles. The van der Waals surface area contributed by atoms with Crippen LogP contribution in [0.5, 0.6) is 0 Å². The highest BCUT2D eigenvalue weighted by molar-refractivity contribution is 5.80. The molecule has 0 aromatic heterocycles. The Morgan fingerprint density at radius 1 is 1.14 bits per heavy atom. The second-order valence-electron chi connectivity index (χ2n) is 8.02. The second-order valence-corrected chi connectivity index (χ2v) is 8.02. The fraction of sp³-hybridized carbons (Fsp3) is 0.636. The number of ether oxygens (including phenoxy) is 1. The summed E-state index contributed by atoms with van der Waals surface area (Å²) in [6, 6.07) is 5.43. The molecule has 5 nitrogen and oxygen atoms in total. The van der Waals surface area contributed by atoms with E-state index < -0.39 is 0 Å². The van der Waals surface area contributed by atoms with Gasteiger partial charge in [0.25, 0.3) is 0 Å². The van der Waals surface area contributed by atoms with E-state index >= 15 is 0 Å². The number of hydrogen-bond acceptors (Lipinski definition) is 3. The summed E-state index contributed by atoms with van der Waals surface area (Å²) in [4.78, 5) is 28.7. The average molecular weight is 390 g/mol. The maximum Gasteiger partial charge on any atom is 0.248 e. The molecule has 28 heavy (non-hydrogen) atoms. The van der Waals surface area contributed by atoms with Crippen LogP contribution in [-0.2, 0) is 20.7 Å². The van der Waals surface area contributed by atoms with Crippen LogP contribution in [0, 0.1) is 24.6 Å². The SMILES string of the molecule is CCOCC(=O)N1CCC(C(=O)N2CCC(Cc3ccc(C)c(F)c3)C2)CC1. The number of likely N-dealkylation sites (tertiary alicyclic amines) is 2. The van der Waals surface area contributed by atoms with Crippen LogP contribution in [0.1, 0.15) is 37.3 Å². The van der Waals surface area contributed by atoms with Gasteiger partial charge in [0.2, 0.25) is 11.8 Å². The number of carbonyl (C=O) groups is 2. The summed E-state index contributed by atoms with van der Waals surface area (Å²) in [5.41, 5.74) is 1.67. The van der Waals surface area contributed by atoms with Gasteiger partial charge in [-0.3, -0.25) is 9.59 Å². The van der Waals surface area contributed by atoms with E-state index in [0.29, 0.717) is 31.2 Å². The largest absolute Gasteiger partial charge is 0.372 e. The average Bonchev–Trinajstić information content (AvgIpc) is 3.17. The molecule has 1 unspecified atom stereocenters. The van der Waals surface area contributed by atoms with E-state index in [1.165, 1.54) is 0 Å². The van der Waals surface area contributed by atoms with Crippen LogP contribution in [0.2, 0.25) is 0 Å². The van der Waals surface area contributed by atoms with E-state index in [0.717, 1.165) is 44.3 Å². The lowest BCUT2D eigenvalue weighted by molar-refractivity contribution is -0.142. The number of hydrogen-bond donors (Lipinski definition) is 0. The normalized spacial score (nSPS) is 20.6. The minimum Gasteiger partial charge on any atom is -0.372 e. The van der Waals surface area contributed by atoms with E-state index in [9.17, 15) is 14.0 Å². The number of aryl methyl sites for hydroxylation is 1. The van der Waals surface area contributed by atoms with Gasteiger partial charge in [-0.2, -0.15) is 0 Å². The van der Waals surface area contributed by atoms with Crippen molar-refractivity contribution in [2.24, 2.45) is 11.8 Å². The van der Waals surface area contributed by atoms with E-state index in [4.69, 9.17) is 4.74 Å². The Hall–Kier alpha value is -1.95. The minimum absolute atomic E-state index is 0.00622. The quantitative estimate of drug-likeness (QED) is 0.751. The zero-order valence-corrected chi connectivity index (χ0v) is 17.0. The number of piperidine rings is 1. The first-order valence-electron chi connectivity index (χ1n) is 10.4. The van der Waals surface area contributed by atoms with Crippen molar-refractivity contribution in [1.82, 2.24) is 9.80 Å². The van der Waals surface area contributed by atoms with Crippen molar-refractivity contribution >= 4 is 11.8 Å². The van der Waals surface area contributed by atoms with Crippen LogP contribution in [0.15, 0.2) is 18.2 Å². The van der Waals surface area contributed by atoms with Crippen LogP contribution in [0.25, 0.3) is 0 Å². The standard InChI is InChI=1S/C22H31FN2O3/c1-3-28-15-21(26)24-10-7-19(8-11-24)22(27)25-9-6-18(14-25)12-17-5-4-16(2)20(23)13-17/h4-5,13,18-19H,3,6-12,14-15H2,1-2H3. The third kappa shape index (κ3) is 5.10. The molecule has 0 aliphatic carbocycles. The number of carbonyl (C=O) groups excluding carboxylic acids is 2. The van der Waals surface area contributed by atoms with Gasteiger partial charge in [0.15, 0.2) is 0 Å². The summed E-state index contributed by atoms with van der Waals surface area (Å²) in [5, 5.41) is 0. The summed E-state index contributed by atoms with van der Waals surface area (Å²) in [7, 11) is 0. The molecule has 0 radical (unpaired) electrons. The molecule has 2 aliphatic rings. The Bertz CT molecular complexity index is 701. The van der Waals surface area contributed by atoms with Crippen molar-refractivity contribution in [2.75, 3.05) is 39.4 Å². The van der Waals surface area contributed by atoms with Crippen LogP contribution in [0.3, 0.4) is 0 Å². The Kier molecular flexibility index (Phi) is 7.05. The number of halogens is 1. The van der Waals surface area contributed by atoms with Crippen LogP contribution < -0.4 is 0 Å². The summed E-state index contributed by atoms with van der Waals surface area (Å²) < 4.78 is 18.9. The predicted octanol–water partition coefficient (Wildman–Crippen LogP) is 2.80. The molecule has 2 amide bonds. The molecule has 2 heterocycles. The van der Waals surface area contributed by atoms with Crippen LogP contribution in [-0.4, -0.2) is 61.0 Å². The summed E-state index contributed by atoms with van der Waals surface area (Å²) >= 11 is 0. The van der Waals surface area contributed by atoms with Gasteiger partial charge >= 0.3 is 0 Å². The number of rotatable bonds is 6. The molecule has 2 fully saturated rings. The monoisotopic (exact) mass is 390 g/mol. The molecule has 0 N–H and O–H groups in total. The maximum atomic E-state index is 13.8. The summed E-state index contributed by atoms with van der Waals surface area (Å²) in [6.07, 6.45) is 3.22. The lowest BCUT2D eigenvalue weighted by atomic mass is 9.95. The van der Waals surface area contributed by atoms with Gasteiger partial charge in [-0.15, -0.1) is 0 Å². The zero-order valence-electron chi connectivity index (χ0n) is 17.0. The molecule has 154 valence electrons. The van der Waals surface area contributed by atoms with Crippen LogP contribution >= 0.6 is 0 Å². The molecule has 0 saturated carbocycles. The molecule has 0 spiro atoms. The first-order valence-corrected chi connectivity index (χ1v) is 10.4. The summed E-state index contributed by atoms with van der Waals surface area (Å²) in [6.45, 7) is 7.08. The molecule has 3 rings (SSSR count). The fourth-order valence-corrected chi connectivity index (χ4v) is 4.21. The van der Waals surface area contributed by atoms with E-state index in [2.05, 4.69) is 0 Å². The topological polar surface area (TPSA) is 49.9 Å². The molecule has 1 aromatic carbocycles. The van der Waals surface area contributed by atoms with Crippen molar-refractivity contribution < 1.29 is 18.7 Å². The molecule has 1 aromatic rings. The Labute approximate surface area is 166 Å². The maximum absolute atomic E-state index is 13.8. The number of amides is 2. The third-order valence-corrected chi connectivity index (χ3v) is 5.98. The predicted molar refractivity (Wildman–Crippen MR) is 105 cm³/mol. The van der Waals surface area contributed by atoms with Gasteiger partial charge in [0.1, 0.15) is 12.4 Å². The van der Waals surface area contributed by atoms with Crippen molar-refractivity contribution in [3.8, 4) is 0 Å². The van der Waals surface area contributed by atoms with Gasteiger partial charge in [0.05, 0.1) is 0 Å². The Morgan fingerprint density at radius 2 is 1.86 bits per heavy atom. The third-order valence-electron chi connectivity index (χ3n) is 5.98. The lowest BCUT2D eigenvalue weighted by Gasteiger charge is -2.33. The van der Waals surface area contributed by atoms with Gasteiger partial charge < -0.3 is 14.5 Å². The number of nitrogens with zero attached hydrogens (tertiary/aromatic N) is 2. The van der Waals surface area contributed by atoms with Crippen molar-refractivity contribution in [2.45, 2.75) is 39.5 Å². The minimum atomic E-state index is -0.158. The van der Waals surface area contributed by atoms with Gasteiger partial charge in [-0.25, -0.2) is 4.39 Å². The van der Waals surface area contributed by atoms with Crippen molar-refractivity contribution in [1.29, 1.82) is 0 Å². The molecule has 1 atom stereocenters. The molecule has 6 heteroatoms. The van der Waals surface area contributed by atoms with E-state index in [-0.39, 0.29) is 30.2 Å². The highest BCUT2D eigenvalue weighted by atomic mass is 19.1. The number of benzene rings is 1. The summed E-state index contributed by atoms with van der Waals surface area (Å²) in [5.74, 6) is 0.466. The molecular formula is C22H31FN2O3. The highest BCUT2D eigenvalue weighted by Crippen LogP contribution is 2.26. The van der Waals surface area contributed by atoms with E-state index in [1.54, 1.807) is 17.9 Å². The Balaban J connectivity index is 1.46. The fourth-order valence-electron chi connectivity index (χ4n) is 4.21. The van der Waals surface area contributed by atoms with E-state index in [1.807, 2.05) is 24.0 Å². The van der Waals surface area contributed by atoms with Gasteiger partial charge in [-0.1, -0.05) is 12.1 Å². The second kappa shape index (κ2) is 9.50. The van der Waals surface area contributed by atoms with Crippen molar-refractivity contribution in [3.63, 3.8) is 0 Å². The molecular weight excluding hydrogens is 359 g/mol. The first kappa shape index (κ1) is 20.8. The van der Waals surface area contributed by atoms with Gasteiger partial charge in [-0.05, 0) is 62.6 Å². The highest BCUT2D eigenvalue weighted by Gasteiger charge is 2.33.